The molecule has 0 bridgehead atoms. The highest BCUT2D eigenvalue weighted by molar-refractivity contribution is 7.80. The number of ether oxygens (including phenoxy) is 1. The number of ketones is 1. The van der Waals surface area contributed by atoms with Gasteiger partial charge in [-0.1, -0.05) is 62.4 Å². The highest BCUT2D eigenvalue weighted by Crippen LogP contribution is 2.37. The Labute approximate surface area is 178 Å². The van der Waals surface area contributed by atoms with Crippen LogP contribution in [0, 0.1) is 0 Å². The zero-order valence-corrected chi connectivity index (χ0v) is 18.1. The second kappa shape index (κ2) is 9.70. The van der Waals surface area contributed by atoms with E-state index in [1.54, 1.807) is 0 Å². The van der Waals surface area contributed by atoms with Crippen LogP contribution in [-0.2, 0) is 0 Å². The molecule has 1 aliphatic rings. The van der Waals surface area contributed by atoms with Gasteiger partial charge in [0.1, 0.15) is 5.75 Å². The number of allylic oxidation sites excluding steroid dienone is 1. The van der Waals surface area contributed by atoms with Crippen LogP contribution in [-0.4, -0.2) is 28.9 Å². The summed E-state index contributed by atoms with van der Waals surface area (Å²) in [6.45, 7) is 7.56. The van der Waals surface area contributed by atoms with E-state index in [1.807, 2.05) is 66.4 Å². The van der Waals surface area contributed by atoms with Crippen LogP contribution >= 0.6 is 12.2 Å². The van der Waals surface area contributed by atoms with Crippen LogP contribution < -0.4 is 10.1 Å². The molecule has 4 nitrogen and oxygen atoms in total. The first kappa shape index (κ1) is 21.1. The molecule has 0 saturated heterocycles. The van der Waals surface area contributed by atoms with Crippen LogP contribution in [0.1, 0.15) is 55.6 Å². The number of benzene rings is 2. The predicted molar refractivity (Wildman–Crippen MR) is 121 cm³/mol. The average Bonchev–Trinajstić information content (AvgIpc) is 2.75. The summed E-state index contributed by atoms with van der Waals surface area (Å²) < 4.78 is 5.99. The van der Waals surface area contributed by atoms with Crippen molar-refractivity contribution in [3.63, 3.8) is 0 Å². The van der Waals surface area contributed by atoms with E-state index < -0.39 is 0 Å². The van der Waals surface area contributed by atoms with E-state index in [1.165, 1.54) is 0 Å². The molecule has 2 aromatic rings. The molecule has 1 unspecified atom stereocenters. The van der Waals surface area contributed by atoms with Gasteiger partial charge in [-0.3, -0.25) is 4.79 Å². The fourth-order valence-corrected chi connectivity index (χ4v) is 3.96. The van der Waals surface area contributed by atoms with E-state index in [2.05, 4.69) is 19.2 Å². The maximum atomic E-state index is 13.6. The van der Waals surface area contributed by atoms with E-state index in [9.17, 15) is 4.79 Å². The summed E-state index contributed by atoms with van der Waals surface area (Å²) in [5, 5.41) is 4.06. The Kier molecular flexibility index (Phi) is 7.04. The summed E-state index contributed by atoms with van der Waals surface area (Å²) in [6, 6.07) is 16.9. The fraction of sp³-hybridized carbons (Fsp3) is 0.333. The summed E-state index contributed by atoms with van der Waals surface area (Å²) in [4.78, 5) is 15.6. The lowest BCUT2D eigenvalue weighted by molar-refractivity contribution is 0.102. The smallest absolute Gasteiger partial charge is 0.193 e. The van der Waals surface area contributed by atoms with Gasteiger partial charge in [0.05, 0.1) is 12.6 Å². The van der Waals surface area contributed by atoms with E-state index in [4.69, 9.17) is 17.0 Å². The Balaban J connectivity index is 2.12. The molecule has 5 heteroatoms. The minimum Gasteiger partial charge on any atom is -0.493 e. The van der Waals surface area contributed by atoms with Crippen molar-refractivity contribution in [3.8, 4) is 5.75 Å². The van der Waals surface area contributed by atoms with Gasteiger partial charge in [0.25, 0.3) is 0 Å². The van der Waals surface area contributed by atoms with Gasteiger partial charge in [0, 0.05) is 28.9 Å². The fourth-order valence-electron chi connectivity index (χ4n) is 3.61. The van der Waals surface area contributed by atoms with Crippen molar-refractivity contribution < 1.29 is 9.53 Å². The normalized spacial score (nSPS) is 16.6. The van der Waals surface area contributed by atoms with Gasteiger partial charge in [0.2, 0.25) is 0 Å². The van der Waals surface area contributed by atoms with E-state index in [0.717, 1.165) is 36.4 Å². The van der Waals surface area contributed by atoms with Crippen molar-refractivity contribution in [3.05, 3.63) is 77.0 Å². The van der Waals surface area contributed by atoms with Crippen molar-refractivity contribution in [2.45, 2.75) is 39.7 Å². The molecule has 2 aromatic carbocycles. The first-order chi connectivity index (χ1) is 14.1. The maximum Gasteiger partial charge on any atom is 0.193 e. The molecule has 0 radical (unpaired) electrons. The Morgan fingerprint density at radius 2 is 1.76 bits per heavy atom. The van der Waals surface area contributed by atoms with E-state index in [0.29, 0.717) is 22.9 Å². The van der Waals surface area contributed by atoms with Gasteiger partial charge in [-0.2, -0.15) is 0 Å². The molecule has 0 spiro atoms. The van der Waals surface area contributed by atoms with Crippen LogP contribution in [0.2, 0.25) is 0 Å². The van der Waals surface area contributed by atoms with Gasteiger partial charge < -0.3 is 15.0 Å². The maximum absolute atomic E-state index is 13.6. The highest BCUT2D eigenvalue weighted by Gasteiger charge is 2.35. The van der Waals surface area contributed by atoms with Crippen LogP contribution in [0.3, 0.4) is 0 Å². The van der Waals surface area contributed by atoms with Gasteiger partial charge in [-0.15, -0.1) is 0 Å². The largest absolute Gasteiger partial charge is 0.493 e. The lowest BCUT2D eigenvalue weighted by atomic mass is 9.88. The second-order valence-electron chi connectivity index (χ2n) is 7.11. The highest BCUT2D eigenvalue weighted by atomic mass is 32.1. The topological polar surface area (TPSA) is 41.6 Å². The summed E-state index contributed by atoms with van der Waals surface area (Å²) in [6.07, 6.45) is 1.85. The Hall–Kier alpha value is -2.66. The van der Waals surface area contributed by atoms with Crippen molar-refractivity contribution in [2.24, 2.45) is 0 Å². The molecule has 1 atom stereocenters. The number of carbonyl (C=O) groups excluding carboxylic acids is 1. The van der Waals surface area contributed by atoms with Crippen molar-refractivity contribution in [1.29, 1.82) is 0 Å². The number of Topliss-reactive ketones (excluding diaryl/α,β-unsaturated/α-hetero) is 1. The summed E-state index contributed by atoms with van der Waals surface area (Å²) >= 11 is 5.66. The van der Waals surface area contributed by atoms with Crippen LogP contribution in [0.15, 0.2) is 65.9 Å². The number of nitrogens with one attached hydrogen (secondary N) is 1. The number of hydrogen-bond donors (Lipinski definition) is 1. The number of nitrogens with zero attached hydrogens (tertiary/aromatic N) is 1. The molecular weight excluding hydrogens is 380 g/mol. The van der Waals surface area contributed by atoms with E-state index in [-0.39, 0.29) is 11.8 Å². The minimum absolute atomic E-state index is 0.00879. The van der Waals surface area contributed by atoms with Crippen LogP contribution in [0.5, 0.6) is 5.75 Å². The number of rotatable bonds is 8. The third-order valence-corrected chi connectivity index (χ3v) is 5.35. The van der Waals surface area contributed by atoms with E-state index >= 15 is 0 Å². The molecular formula is C24H28N2O2S. The monoisotopic (exact) mass is 408 g/mol. The molecule has 0 fully saturated rings. The lowest BCUT2D eigenvalue weighted by Crippen LogP contribution is -2.48. The number of hydrogen-bond acceptors (Lipinski definition) is 3. The molecule has 152 valence electrons. The Morgan fingerprint density at radius 1 is 1.07 bits per heavy atom. The molecule has 0 aliphatic carbocycles. The zero-order chi connectivity index (χ0) is 20.8. The molecule has 0 aromatic heterocycles. The third-order valence-electron chi connectivity index (χ3n) is 5.02. The van der Waals surface area contributed by atoms with Gasteiger partial charge in [0.15, 0.2) is 10.9 Å². The lowest BCUT2D eigenvalue weighted by Gasteiger charge is -2.38. The Bertz CT molecular complexity index is 908. The standard InChI is InChI=1S/C24H28N2O2S/c1-4-15-26-17(3)21(23(27)18-11-7-6-8-12-18)22(25-24(26)29)19-13-9-10-14-20(19)28-16-5-2/h6-14,22H,4-5,15-16H2,1-3H3,(H,25,29). The number of thiocarbonyl (C=S) groups is 1. The zero-order valence-electron chi connectivity index (χ0n) is 17.3. The summed E-state index contributed by atoms with van der Waals surface area (Å²) in [5.41, 5.74) is 3.22. The summed E-state index contributed by atoms with van der Waals surface area (Å²) in [5.74, 6) is 0.791. The first-order valence-corrected chi connectivity index (χ1v) is 10.6. The molecule has 1 N–H and O–H groups in total. The quantitative estimate of drug-likeness (QED) is 0.476. The predicted octanol–water partition coefficient (Wildman–Crippen LogP) is 5.27. The molecule has 0 saturated carbocycles. The molecule has 0 amide bonds. The number of para-hydroxylation sites is 1. The minimum atomic E-state index is -0.351. The first-order valence-electron chi connectivity index (χ1n) is 10.2. The molecule has 3 rings (SSSR count). The van der Waals surface area contributed by atoms with Crippen LogP contribution in [0.4, 0.5) is 0 Å². The SMILES string of the molecule is CCCOc1ccccc1C1NC(=S)N(CCC)C(C)=C1C(=O)c1ccccc1. The molecule has 1 aliphatic heterocycles. The van der Waals surface area contributed by atoms with Gasteiger partial charge >= 0.3 is 0 Å². The number of carbonyl (C=O) groups is 1. The average molecular weight is 409 g/mol. The van der Waals surface area contributed by atoms with Crippen molar-refractivity contribution in [1.82, 2.24) is 10.2 Å². The van der Waals surface area contributed by atoms with Gasteiger partial charge in [-0.05, 0) is 38.0 Å². The van der Waals surface area contributed by atoms with Gasteiger partial charge in [-0.25, -0.2) is 0 Å². The summed E-state index contributed by atoms with van der Waals surface area (Å²) in [7, 11) is 0. The molecule has 1 heterocycles. The van der Waals surface area contributed by atoms with Crippen molar-refractivity contribution >= 4 is 23.1 Å². The van der Waals surface area contributed by atoms with Crippen molar-refractivity contribution in [2.75, 3.05) is 13.2 Å². The molecule has 29 heavy (non-hydrogen) atoms. The third kappa shape index (κ3) is 4.51. The van der Waals surface area contributed by atoms with Crippen LogP contribution in [0.25, 0.3) is 0 Å². The Morgan fingerprint density at radius 3 is 2.45 bits per heavy atom. The second-order valence-corrected chi connectivity index (χ2v) is 7.50.